The van der Waals surface area contributed by atoms with E-state index >= 15 is 0 Å². The highest BCUT2D eigenvalue weighted by Crippen LogP contribution is 2.22. The summed E-state index contributed by atoms with van der Waals surface area (Å²) in [5, 5.41) is 9.18. The summed E-state index contributed by atoms with van der Waals surface area (Å²) in [6, 6.07) is 11.1. The van der Waals surface area contributed by atoms with Crippen molar-refractivity contribution in [3.8, 4) is 6.07 Å². The number of nitriles is 1. The largest absolute Gasteiger partial charge is 0.300 e. The molecule has 0 saturated carbocycles. The van der Waals surface area contributed by atoms with E-state index in [2.05, 4.69) is 21.9 Å². The number of piperidine rings is 2. The zero-order chi connectivity index (χ0) is 14.5. The van der Waals surface area contributed by atoms with Crippen LogP contribution < -0.4 is 0 Å². The van der Waals surface area contributed by atoms with E-state index in [0.717, 1.165) is 18.2 Å². The maximum atomic E-state index is 9.18. The Hall–Kier alpha value is -1.37. The summed E-state index contributed by atoms with van der Waals surface area (Å²) in [4.78, 5) is 5.22. The standard InChI is InChI=1S/C18H25N3/c19-14-16-6-2-3-7-17(16)15-20-12-8-18(9-13-20)21-10-4-1-5-11-21/h2-3,6-7,18H,1,4-5,8-13,15H2. The second-order valence-corrected chi connectivity index (χ2v) is 6.37. The van der Waals surface area contributed by atoms with Crippen LogP contribution in [0.4, 0.5) is 0 Å². The molecule has 2 saturated heterocycles. The molecule has 0 aromatic heterocycles. The van der Waals surface area contributed by atoms with E-state index in [1.54, 1.807) is 0 Å². The van der Waals surface area contributed by atoms with Gasteiger partial charge in [0.2, 0.25) is 0 Å². The molecule has 0 N–H and O–H groups in total. The first-order valence-electron chi connectivity index (χ1n) is 8.31. The number of hydrogen-bond donors (Lipinski definition) is 0. The van der Waals surface area contributed by atoms with Crippen molar-refractivity contribution >= 4 is 0 Å². The molecule has 112 valence electrons. The Morgan fingerprint density at radius 3 is 2.43 bits per heavy atom. The summed E-state index contributed by atoms with van der Waals surface area (Å²) in [6.45, 7) is 5.88. The summed E-state index contributed by atoms with van der Waals surface area (Å²) < 4.78 is 0. The smallest absolute Gasteiger partial charge is 0.0995 e. The minimum atomic E-state index is 0.799. The van der Waals surface area contributed by atoms with Crippen LogP contribution in [0.5, 0.6) is 0 Å². The molecule has 0 aliphatic carbocycles. The summed E-state index contributed by atoms with van der Waals surface area (Å²) in [7, 11) is 0. The first-order chi connectivity index (χ1) is 10.4. The van der Waals surface area contributed by atoms with Crippen molar-refractivity contribution in [1.29, 1.82) is 5.26 Å². The maximum Gasteiger partial charge on any atom is 0.0995 e. The van der Waals surface area contributed by atoms with E-state index in [-0.39, 0.29) is 0 Å². The predicted octanol–water partition coefficient (Wildman–Crippen LogP) is 3.01. The van der Waals surface area contributed by atoms with E-state index in [1.807, 2.05) is 18.2 Å². The van der Waals surface area contributed by atoms with Crippen LogP contribution in [0.25, 0.3) is 0 Å². The highest BCUT2D eigenvalue weighted by atomic mass is 15.2. The van der Waals surface area contributed by atoms with Gasteiger partial charge in [0.25, 0.3) is 0 Å². The molecular formula is C18H25N3. The van der Waals surface area contributed by atoms with Gasteiger partial charge in [-0.3, -0.25) is 4.90 Å². The molecule has 3 rings (SSSR count). The lowest BCUT2D eigenvalue weighted by Gasteiger charge is -2.40. The molecule has 0 bridgehead atoms. The highest BCUT2D eigenvalue weighted by molar-refractivity contribution is 5.37. The molecule has 2 heterocycles. The lowest BCUT2D eigenvalue weighted by molar-refractivity contribution is 0.0896. The number of nitrogens with zero attached hydrogens (tertiary/aromatic N) is 3. The summed E-state index contributed by atoms with van der Waals surface area (Å²) >= 11 is 0. The van der Waals surface area contributed by atoms with E-state index in [9.17, 15) is 5.26 Å². The normalized spacial score (nSPS) is 22.0. The Bertz CT molecular complexity index is 491. The van der Waals surface area contributed by atoms with Crippen LogP contribution in [0.1, 0.15) is 43.2 Å². The molecule has 1 aromatic rings. The molecule has 0 spiro atoms. The maximum absolute atomic E-state index is 9.18. The van der Waals surface area contributed by atoms with E-state index in [4.69, 9.17) is 0 Å². The zero-order valence-corrected chi connectivity index (χ0v) is 12.8. The Morgan fingerprint density at radius 2 is 1.71 bits per heavy atom. The number of rotatable bonds is 3. The fourth-order valence-corrected chi connectivity index (χ4v) is 3.73. The predicted molar refractivity (Wildman–Crippen MR) is 84.9 cm³/mol. The number of hydrogen-bond acceptors (Lipinski definition) is 3. The Balaban J connectivity index is 1.53. The fourth-order valence-electron chi connectivity index (χ4n) is 3.73. The van der Waals surface area contributed by atoms with Crippen molar-refractivity contribution in [3.05, 3.63) is 35.4 Å². The molecular weight excluding hydrogens is 258 g/mol. The zero-order valence-electron chi connectivity index (χ0n) is 12.8. The van der Waals surface area contributed by atoms with E-state index in [0.29, 0.717) is 0 Å². The van der Waals surface area contributed by atoms with Gasteiger partial charge in [-0.05, 0) is 63.5 Å². The van der Waals surface area contributed by atoms with E-state index < -0.39 is 0 Å². The van der Waals surface area contributed by atoms with Crippen molar-refractivity contribution in [2.75, 3.05) is 26.2 Å². The van der Waals surface area contributed by atoms with E-state index in [1.165, 1.54) is 63.8 Å². The van der Waals surface area contributed by atoms with Gasteiger partial charge in [-0.25, -0.2) is 0 Å². The first kappa shape index (κ1) is 14.6. The lowest BCUT2D eigenvalue weighted by Crippen LogP contribution is -2.46. The first-order valence-corrected chi connectivity index (χ1v) is 8.31. The third-order valence-electron chi connectivity index (χ3n) is 5.00. The van der Waals surface area contributed by atoms with Crippen LogP contribution in [0, 0.1) is 11.3 Å². The molecule has 2 fully saturated rings. The molecule has 0 radical (unpaired) electrons. The second kappa shape index (κ2) is 7.06. The third-order valence-corrected chi connectivity index (χ3v) is 5.00. The van der Waals surface area contributed by atoms with Crippen LogP contribution in [0.15, 0.2) is 24.3 Å². The van der Waals surface area contributed by atoms with Crippen LogP contribution in [0.3, 0.4) is 0 Å². The molecule has 21 heavy (non-hydrogen) atoms. The quantitative estimate of drug-likeness (QED) is 0.854. The van der Waals surface area contributed by atoms with Crippen molar-refractivity contribution in [2.24, 2.45) is 0 Å². The minimum absolute atomic E-state index is 0.799. The third kappa shape index (κ3) is 3.64. The van der Waals surface area contributed by atoms with Gasteiger partial charge in [-0.1, -0.05) is 24.6 Å². The van der Waals surface area contributed by atoms with Crippen LogP contribution in [-0.4, -0.2) is 42.0 Å². The summed E-state index contributed by atoms with van der Waals surface area (Å²) in [5.41, 5.74) is 2.01. The van der Waals surface area contributed by atoms with Gasteiger partial charge >= 0.3 is 0 Å². The van der Waals surface area contributed by atoms with Gasteiger partial charge in [-0.15, -0.1) is 0 Å². The molecule has 3 nitrogen and oxygen atoms in total. The molecule has 0 atom stereocenters. The molecule has 2 aliphatic rings. The Morgan fingerprint density at radius 1 is 1.00 bits per heavy atom. The number of benzene rings is 1. The minimum Gasteiger partial charge on any atom is -0.300 e. The molecule has 0 amide bonds. The van der Waals surface area contributed by atoms with Crippen molar-refractivity contribution in [3.63, 3.8) is 0 Å². The van der Waals surface area contributed by atoms with Crippen LogP contribution >= 0.6 is 0 Å². The number of likely N-dealkylation sites (tertiary alicyclic amines) is 2. The Labute approximate surface area is 128 Å². The molecule has 1 aromatic carbocycles. The molecule has 2 aliphatic heterocycles. The van der Waals surface area contributed by atoms with Gasteiger partial charge in [0, 0.05) is 12.6 Å². The molecule has 0 unspecified atom stereocenters. The Kier molecular flexibility index (Phi) is 4.90. The highest BCUT2D eigenvalue weighted by Gasteiger charge is 2.25. The van der Waals surface area contributed by atoms with Gasteiger partial charge in [0.15, 0.2) is 0 Å². The topological polar surface area (TPSA) is 30.3 Å². The van der Waals surface area contributed by atoms with Crippen LogP contribution in [-0.2, 0) is 6.54 Å². The SMILES string of the molecule is N#Cc1ccccc1CN1CCC(N2CCCCC2)CC1. The lowest BCUT2D eigenvalue weighted by atomic mass is 9.99. The van der Waals surface area contributed by atoms with Gasteiger partial charge in [-0.2, -0.15) is 5.26 Å². The monoisotopic (exact) mass is 283 g/mol. The van der Waals surface area contributed by atoms with Crippen LogP contribution in [0.2, 0.25) is 0 Å². The molecule has 3 heteroatoms. The summed E-state index contributed by atoms with van der Waals surface area (Å²) in [6.07, 6.45) is 6.76. The summed E-state index contributed by atoms with van der Waals surface area (Å²) in [5.74, 6) is 0. The van der Waals surface area contributed by atoms with Gasteiger partial charge in [0.05, 0.1) is 11.6 Å². The van der Waals surface area contributed by atoms with Gasteiger partial charge < -0.3 is 4.90 Å². The fraction of sp³-hybridized carbons (Fsp3) is 0.611. The van der Waals surface area contributed by atoms with Crippen molar-refractivity contribution in [2.45, 2.75) is 44.7 Å². The van der Waals surface area contributed by atoms with Crippen molar-refractivity contribution < 1.29 is 0 Å². The second-order valence-electron chi connectivity index (χ2n) is 6.37. The average Bonchev–Trinajstić information content (AvgIpc) is 2.57. The average molecular weight is 283 g/mol. The van der Waals surface area contributed by atoms with Gasteiger partial charge in [0.1, 0.15) is 0 Å². The van der Waals surface area contributed by atoms with Crippen molar-refractivity contribution in [1.82, 2.24) is 9.80 Å².